The van der Waals surface area contributed by atoms with Crippen LogP contribution in [0.25, 0.3) is 0 Å². The molecule has 0 aliphatic heterocycles. The quantitative estimate of drug-likeness (QED) is 0.774. The molecule has 0 aromatic carbocycles. The van der Waals surface area contributed by atoms with E-state index in [1.807, 2.05) is 13.8 Å². The summed E-state index contributed by atoms with van der Waals surface area (Å²) in [7, 11) is 0. The Morgan fingerprint density at radius 1 is 1.46 bits per heavy atom. The second kappa shape index (κ2) is 3.78. The number of nitrogens with two attached hydrogens (primary N) is 1. The smallest absolute Gasteiger partial charge is 0.181 e. The van der Waals surface area contributed by atoms with Gasteiger partial charge in [0.25, 0.3) is 0 Å². The first-order valence-electron chi connectivity index (χ1n) is 4.00. The van der Waals surface area contributed by atoms with Crippen LogP contribution in [0.15, 0.2) is 0 Å². The van der Waals surface area contributed by atoms with Gasteiger partial charge in [0.2, 0.25) is 0 Å². The van der Waals surface area contributed by atoms with Crippen LogP contribution in [-0.2, 0) is 0 Å². The number of carbonyl (C=O) groups is 1. The zero-order chi connectivity index (χ0) is 10.2. The van der Waals surface area contributed by atoms with Crippen molar-refractivity contribution in [1.82, 2.24) is 0 Å². The van der Waals surface area contributed by atoms with Crippen LogP contribution in [0.3, 0.4) is 0 Å². The van der Waals surface area contributed by atoms with Crippen LogP contribution in [-0.4, -0.2) is 11.8 Å². The van der Waals surface area contributed by atoms with Gasteiger partial charge in [-0.05, 0) is 20.8 Å². The first-order chi connectivity index (χ1) is 5.95. The van der Waals surface area contributed by atoms with Crippen molar-refractivity contribution in [3.05, 3.63) is 20.3 Å². The standard InChI is InChI=1S/C9H12ClNOS/c1-4(11)9(12)7-5(2)13-6(3)8(7)10/h4H,11H2,1-3H3. The Kier molecular flexibility index (Phi) is 3.11. The molecule has 1 unspecified atom stereocenters. The molecule has 2 nitrogen and oxygen atoms in total. The molecule has 13 heavy (non-hydrogen) atoms. The molecule has 1 atom stereocenters. The highest BCUT2D eigenvalue weighted by Crippen LogP contribution is 2.32. The molecule has 0 radical (unpaired) electrons. The lowest BCUT2D eigenvalue weighted by Crippen LogP contribution is -2.27. The molecule has 0 bridgehead atoms. The summed E-state index contributed by atoms with van der Waals surface area (Å²) in [6, 6.07) is -0.481. The van der Waals surface area contributed by atoms with Gasteiger partial charge in [0.15, 0.2) is 5.78 Å². The van der Waals surface area contributed by atoms with Gasteiger partial charge in [-0.3, -0.25) is 4.79 Å². The number of rotatable bonds is 2. The third-order valence-corrected chi connectivity index (χ3v) is 3.45. The highest BCUT2D eigenvalue weighted by Gasteiger charge is 2.20. The summed E-state index contributed by atoms with van der Waals surface area (Å²) in [6.07, 6.45) is 0. The van der Waals surface area contributed by atoms with Crippen LogP contribution in [0.2, 0.25) is 5.02 Å². The minimum Gasteiger partial charge on any atom is -0.321 e. The van der Waals surface area contributed by atoms with E-state index in [2.05, 4.69) is 0 Å². The zero-order valence-corrected chi connectivity index (χ0v) is 9.42. The number of hydrogen-bond donors (Lipinski definition) is 1. The summed E-state index contributed by atoms with van der Waals surface area (Å²) in [6.45, 7) is 5.46. The maximum atomic E-state index is 11.6. The van der Waals surface area contributed by atoms with Gasteiger partial charge in [-0.25, -0.2) is 0 Å². The van der Waals surface area contributed by atoms with Crippen LogP contribution >= 0.6 is 22.9 Å². The molecule has 1 aromatic rings. The Morgan fingerprint density at radius 3 is 2.31 bits per heavy atom. The number of halogens is 1. The molecule has 1 aromatic heterocycles. The van der Waals surface area contributed by atoms with E-state index in [9.17, 15) is 4.79 Å². The fourth-order valence-electron chi connectivity index (χ4n) is 1.17. The molecule has 1 heterocycles. The number of carbonyl (C=O) groups excluding carboxylic acids is 1. The van der Waals surface area contributed by atoms with Crippen molar-refractivity contribution in [2.24, 2.45) is 5.73 Å². The molecule has 0 spiro atoms. The first kappa shape index (κ1) is 10.7. The van der Waals surface area contributed by atoms with E-state index >= 15 is 0 Å². The average Bonchev–Trinajstić information content (AvgIpc) is 2.26. The molecule has 1 rings (SSSR count). The third kappa shape index (κ3) is 1.93. The van der Waals surface area contributed by atoms with Gasteiger partial charge in [-0.2, -0.15) is 0 Å². The van der Waals surface area contributed by atoms with Gasteiger partial charge in [-0.15, -0.1) is 11.3 Å². The van der Waals surface area contributed by atoms with E-state index in [0.717, 1.165) is 9.75 Å². The molecule has 72 valence electrons. The molecule has 0 aliphatic carbocycles. The van der Waals surface area contributed by atoms with E-state index in [1.54, 1.807) is 6.92 Å². The van der Waals surface area contributed by atoms with E-state index in [4.69, 9.17) is 17.3 Å². The van der Waals surface area contributed by atoms with Gasteiger partial charge >= 0.3 is 0 Å². The SMILES string of the molecule is Cc1sc(C)c(C(=O)C(C)N)c1Cl. The molecular weight excluding hydrogens is 206 g/mol. The fourth-order valence-corrected chi connectivity index (χ4v) is 2.53. The summed E-state index contributed by atoms with van der Waals surface area (Å²) in [5.74, 6) is -0.0770. The van der Waals surface area contributed by atoms with Gasteiger partial charge in [0.05, 0.1) is 16.6 Å². The van der Waals surface area contributed by atoms with Crippen molar-refractivity contribution < 1.29 is 4.79 Å². The van der Waals surface area contributed by atoms with Crippen LogP contribution in [0.1, 0.15) is 27.0 Å². The molecule has 0 aliphatic rings. The second-order valence-electron chi connectivity index (χ2n) is 3.06. The Labute approximate surface area is 86.7 Å². The number of Topliss-reactive ketones (excluding diaryl/α,β-unsaturated/α-hetero) is 1. The number of ketones is 1. The van der Waals surface area contributed by atoms with Crippen LogP contribution < -0.4 is 5.73 Å². The van der Waals surface area contributed by atoms with Crippen LogP contribution in [0.4, 0.5) is 0 Å². The summed E-state index contributed by atoms with van der Waals surface area (Å²) in [5, 5.41) is 0.560. The predicted octanol–water partition coefficient (Wildman–Crippen LogP) is 2.55. The highest BCUT2D eigenvalue weighted by atomic mass is 35.5. The Balaban J connectivity index is 3.21. The predicted molar refractivity (Wildman–Crippen MR) is 56.8 cm³/mol. The first-order valence-corrected chi connectivity index (χ1v) is 5.20. The van der Waals surface area contributed by atoms with E-state index < -0.39 is 6.04 Å². The van der Waals surface area contributed by atoms with Crippen molar-refractivity contribution in [3.63, 3.8) is 0 Å². The zero-order valence-electron chi connectivity index (χ0n) is 7.85. The minimum atomic E-state index is -0.481. The van der Waals surface area contributed by atoms with Crippen LogP contribution in [0.5, 0.6) is 0 Å². The molecule has 0 saturated carbocycles. The Bertz CT molecular complexity index is 344. The van der Waals surface area contributed by atoms with Crippen molar-refractivity contribution in [1.29, 1.82) is 0 Å². The number of hydrogen-bond acceptors (Lipinski definition) is 3. The molecular formula is C9H12ClNOS. The van der Waals surface area contributed by atoms with Crippen molar-refractivity contribution in [2.45, 2.75) is 26.8 Å². The lowest BCUT2D eigenvalue weighted by atomic mass is 10.1. The van der Waals surface area contributed by atoms with Gasteiger partial charge in [0.1, 0.15) is 0 Å². The third-order valence-electron chi connectivity index (χ3n) is 1.85. The molecule has 4 heteroatoms. The maximum absolute atomic E-state index is 11.6. The summed E-state index contributed by atoms with van der Waals surface area (Å²) < 4.78 is 0. The van der Waals surface area contributed by atoms with Gasteiger partial charge in [-0.1, -0.05) is 11.6 Å². The highest BCUT2D eigenvalue weighted by molar-refractivity contribution is 7.13. The van der Waals surface area contributed by atoms with Crippen LogP contribution in [0, 0.1) is 13.8 Å². The minimum absolute atomic E-state index is 0.0770. The van der Waals surface area contributed by atoms with Gasteiger partial charge < -0.3 is 5.73 Å². The molecule has 2 N–H and O–H groups in total. The largest absolute Gasteiger partial charge is 0.321 e. The van der Waals surface area contributed by atoms with Gasteiger partial charge in [0, 0.05) is 9.75 Å². The monoisotopic (exact) mass is 217 g/mol. The molecule has 0 amide bonds. The van der Waals surface area contributed by atoms with E-state index in [0.29, 0.717) is 10.6 Å². The Hall–Kier alpha value is -0.380. The normalized spacial score (nSPS) is 13.0. The second-order valence-corrected chi connectivity index (χ2v) is 4.86. The summed E-state index contributed by atoms with van der Waals surface area (Å²) in [5.41, 5.74) is 6.11. The number of aryl methyl sites for hydroxylation is 2. The topological polar surface area (TPSA) is 43.1 Å². The summed E-state index contributed by atoms with van der Waals surface area (Å²) in [4.78, 5) is 13.5. The van der Waals surface area contributed by atoms with E-state index in [-0.39, 0.29) is 5.78 Å². The average molecular weight is 218 g/mol. The van der Waals surface area contributed by atoms with Crippen molar-refractivity contribution >= 4 is 28.7 Å². The maximum Gasteiger partial charge on any atom is 0.181 e. The Morgan fingerprint density at radius 2 is 2.00 bits per heavy atom. The van der Waals surface area contributed by atoms with Crippen molar-refractivity contribution in [3.8, 4) is 0 Å². The lowest BCUT2D eigenvalue weighted by Gasteiger charge is -2.03. The lowest BCUT2D eigenvalue weighted by molar-refractivity contribution is 0.0968. The van der Waals surface area contributed by atoms with Crippen molar-refractivity contribution in [2.75, 3.05) is 0 Å². The summed E-state index contributed by atoms with van der Waals surface area (Å²) >= 11 is 7.52. The number of thiophene rings is 1. The molecule has 0 fully saturated rings. The van der Waals surface area contributed by atoms with E-state index in [1.165, 1.54) is 11.3 Å². The fraction of sp³-hybridized carbons (Fsp3) is 0.444. The molecule has 0 saturated heterocycles.